The number of halogens is 3. The minimum absolute atomic E-state index is 0.0347. The zero-order valence-electron chi connectivity index (χ0n) is 11.5. The van der Waals surface area contributed by atoms with Crippen LogP contribution in [0.1, 0.15) is 5.56 Å². The fraction of sp³-hybridized carbons (Fsp3) is 0.385. The molecule has 0 bridgehead atoms. The number of hydrogen-bond acceptors (Lipinski definition) is 4. The Morgan fingerprint density at radius 3 is 2.48 bits per heavy atom. The van der Waals surface area contributed by atoms with Crippen molar-refractivity contribution in [2.24, 2.45) is 11.8 Å². The van der Waals surface area contributed by atoms with Gasteiger partial charge in [0.2, 0.25) is 10.0 Å². The van der Waals surface area contributed by atoms with Crippen molar-refractivity contribution in [2.75, 3.05) is 13.1 Å². The molecule has 2 atom stereocenters. The van der Waals surface area contributed by atoms with Crippen molar-refractivity contribution < 1.29 is 31.5 Å². The van der Waals surface area contributed by atoms with Gasteiger partial charge in [0, 0.05) is 13.1 Å². The molecule has 1 aromatic rings. The molecule has 0 amide bonds. The topological polar surface area (TPSA) is 98.5 Å². The van der Waals surface area contributed by atoms with Crippen LogP contribution in [-0.4, -0.2) is 43.1 Å². The summed E-state index contributed by atoms with van der Waals surface area (Å²) in [4.78, 5) is 10.7. The van der Waals surface area contributed by atoms with Crippen LogP contribution in [0.5, 0.6) is 0 Å². The normalized spacial score (nSPS) is 22.7. The molecular weight excluding hydrogens is 337 g/mol. The number of carbonyl (C=O) groups is 1. The first kappa shape index (κ1) is 17.2. The summed E-state index contributed by atoms with van der Waals surface area (Å²) in [5.41, 5.74) is 0.0347. The second-order valence-corrected chi connectivity index (χ2v) is 6.99. The van der Waals surface area contributed by atoms with Crippen molar-refractivity contribution in [1.29, 1.82) is 5.26 Å². The molecule has 1 fully saturated rings. The maximum absolute atomic E-state index is 12.9. The van der Waals surface area contributed by atoms with Gasteiger partial charge in [-0.3, -0.25) is 4.79 Å². The first-order valence-corrected chi connectivity index (χ1v) is 7.81. The van der Waals surface area contributed by atoms with E-state index in [4.69, 9.17) is 10.4 Å². The molecule has 1 aromatic carbocycles. The predicted octanol–water partition coefficient (Wildman–Crippen LogP) is 1.44. The van der Waals surface area contributed by atoms with Crippen molar-refractivity contribution in [3.8, 4) is 6.07 Å². The lowest BCUT2D eigenvalue weighted by atomic mass is 9.96. The summed E-state index contributed by atoms with van der Waals surface area (Å²) in [5, 5.41) is 17.7. The highest BCUT2D eigenvalue weighted by atomic mass is 32.2. The van der Waals surface area contributed by atoms with E-state index < -0.39 is 47.1 Å². The third-order valence-corrected chi connectivity index (χ3v) is 5.45. The monoisotopic (exact) mass is 348 g/mol. The van der Waals surface area contributed by atoms with Gasteiger partial charge in [0.25, 0.3) is 0 Å². The molecule has 1 N–H and O–H groups in total. The Morgan fingerprint density at radius 1 is 1.35 bits per heavy atom. The number of nitriles is 1. The van der Waals surface area contributed by atoms with E-state index >= 15 is 0 Å². The second-order valence-electron chi connectivity index (χ2n) is 5.05. The molecule has 10 heteroatoms. The van der Waals surface area contributed by atoms with Gasteiger partial charge in [-0.1, -0.05) is 6.07 Å². The predicted molar refractivity (Wildman–Crippen MR) is 70.6 cm³/mol. The van der Waals surface area contributed by atoms with Gasteiger partial charge < -0.3 is 5.11 Å². The third kappa shape index (κ3) is 3.30. The van der Waals surface area contributed by atoms with Gasteiger partial charge in [-0.15, -0.1) is 0 Å². The highest BCUT2D eigenvalue weighted by Crippen LogP contribution is 2.39. The second kappa shape index (κ2) is 5.82. The van der Waals surface area contributed by atoms with E-state index in [1.165, 1.54) is 12.1 Å². The van der Waals surface area contributed by atoms with Crippen LogP contribution in [0.2, 0.25) is 0 Å². The molecule has 23 heavy (non-hydrogen) atoms. The van der Waals surface area contributed by atoms with Crippen LogP contribution in [0.4, 0.5) is 13.2 Å². The molecule has 0 unspecified atom stereocenters. The van der Waals surface area contributed by atoms with E-state index in [-0.39, 0.29) is 10.5 Å². The summed E-state index contributed by atoms with van der Waals surface area (Å²) in [5.74, 6) is -5.83. The van der Waals surface area contributed by atoms with Crippen LogP contribution < -0.4 is 0 Å². The van der Waals surface area contributed by atoms with Crippen molar-refractivity contribution in [3.63, 3.8) is 0 Å². The fourth-order valence-electron chi connectivity index (χ4n) is 2.42. The highest BCUT2D eigenvalue weighted by molar-refractivity contribution is 7.89. The first-order chi connectivity index (χ1) is 10.6. The van der Waals surface area contributed by atoms with Crippen molar-refractivity contribution in [3.05, 3.63) is 29.8 Å². The molecule has 1 aliphatic heterocycles. The Labute approximate surface area is 129 Å². The van der Waals surface area contributed by atoms with E-state index in [1.807, 2.05) is 0 Å². The lowest BCUT2D eigenvalue weighted by molar-refractivity contribution is -0.187. The smallest absolute Gasteiger partial charge is 0.393 e. The number of nitrogens with zero attached hydrogens (tertiary/aromatic N) is 2. The Bertz CT molecular complexity index is 770. The molecule has 0 radical (unpaired) electrons. The van der Waals surface area contributed by atoms with Crippen LogP contribution in [0.3, 0.4) is 0 Å². The summed E-state index contributed by atoms with van der Waals surface area (Å²) in [6, 6.07) is 6.55. The van der Waals surface area contributed by atoms with Gasteiger partial charge in [0.05, 0.1) is 28.4 Å². The van der Waals surface area contributed by atoms with Gasteiger partial charge in [-0.2, -0.15) is 22.7 Å². The average Bonchev–Trinajstić information content (AvgIpc) is 2.93. The van der Waals surface area contributed by atoms with E-state index in [9.17, 15) is 26.4 Å². The maximum Gasteiger partial charge on any atom is 0.393 e. The van der Waals surface area contributed by atoms with Crippen molar-refractivity contribution in [2.45, 2.75) is 11.1 Å². The van der Waals surface area contributed by atoms with Crippen molar-refractivity contribution >= 4 is 16.0 Å². The van der Waals surface area contributed by atoms with Crippen LogP contribution in [0.15, 0.2) is 29.2 Å². The number of carboxylic acid groups (broad SMARTS) is 1. The van der Waals surface area contributed by atoms with Gasteiger partial charge in [-0.05, 0) is 18.2 Å². The number of rotatable bonds is 3. The molecule has 6 nitrogen and oxygen atoms in total. The third-order valence-electron chi connectivity index (χ3n) is 3.62. The van der Waals surface area contributed by atoms with Crippen LogP contribution in [0.25, 0.3) is 0 Å². The maximum atomic E-state index is 12.9. The first-order valence-electron chi connectivity index (χ1n) is 6.37. The minimum Gasteiger partial charge on any atom is -0.481 e. The standard InChI is InChI=1S/C13H11F3N2O4S/c14-13(15,16)11-7-18(6-10(11)12(19)20)23(21,22)9-3-1-2-8(4-9)5-17/h1-4,10-11H,6-7H2,(H,19,20)/t10-,11-/m1/s1. The number of sulfonamides is 1. The quantitative estimate of drug-likeness (QED) is 0.891. The average molecular weight is 348 g/mol. The van der Waals surface area contributed by atoms with Gasteiger partial charge in [0.1, 0.15) is 0 Å². The molecule has 124 valence electrons. The summed E-state index contributed by atoms with van der Waals surface area (Å²) in [7, 11) is -4.31. The molecule has 0 aromatic heterocycles. The lowest BCUT2D eigenvalue weighted by Crippen LogP contribution is -2.34. The summed E-state index contributed by atoms with van der Waals surface area (Å²) < 4.78 is 64.1. The number of carboxylic acids is 1. The number of aliphatic carboxylic acids is 1. The van der Waals surface area contributed by atoms with Crippen LogP contribution in [0, 0.1) is 23.2 Å². The number of benzene rings is 1. The Hall–Kier alpha value is -2.12. The minimum atomic E-state index is -4.82. The van der Waals surface area contributed by atoms with E-state index in [2.05, 4.69) is 0 Å². The highest BCUT2D eigenvalue weighted by Gasteiger charge is 2.54. The Morgan fingerprint density at radius 2 is 2.00 bits per heavy atom. The lowest BCUT2D eigenvalue weighted by Gasteiger charge is -2.18. The fourth-order valence-corrected chi connectivity index (χ4v) is 3.96. The van der Waals surface area contributed by atoms with Crippen LogP contribution in [-0.2, 0) is 14.8 Å². The molecule has 2 rings (SSSR count). The van der Waals surface area contributed by atoms with Crippen LogP contribution >= 0.6 is 0 Å². The Kier molecular flexibility index (Phi) is 4.37. The molecule has 1 saturated heterocycles. The zero-order chi connectivity index (χ0) is 17.4. The summed E-state index contributed by atoms with van der Waals surface area (Å²) >= 11 is 0. The zero-order valence-corrected chi connectivity index (χ0v) is 12.3. The summed E-state index contributed by atoms with van der Waals surface area (Å²) in [6.07, 6.45) is -4.82. The Balaban J connectivity index is 2.38. The van der Waals surface area contributed by atoms with Gasteiger partial charge in [0.15, 0.2) is 0 Å². The number of hydrogen-bond donors (Lipinski definition) is 1. The van der Waals surface area contributed by atoms with Gasteiger partial charge >= 0.3 is 12.1 Å². The van der Waals surface area contributed by atoms with E-state index in [0.29, 0.717) is 4.31 Å². The molecular formula is C13H11F3N2O4S. The summed E-state index contributed by atoms with van der Waals surface area (Å²) in [6.45, 7) is -1.72. The number of alkyl halides is 3. The van der Waals surface area contributed by atoms with E-state index in [1.54, 1.807) is 6.07 Å². The molecule has 0 spiro atoms. The molecule has 1 aliphatic rings. The molecule has 0 aliphatic carbocycles. The SMILES string of the molecule is N#Cc1cccc(S(=O)(=O)N2C[C@@H](C(F)(F)F)[C@H](C(=O)O)C2)c1. The van der Waals surface area contributed by atoms with Gasteiger partial charge in [-0.25, -0.2) is 8.42 Å². The molecule has 0 saturated carbocycles. The largest absolute Gasteiger partial charge is 0.481 e. The molecule has 1 heterocycles. The van der Waals surface area contributed by atoms with Crippen molar-refractivity contribution in [1.82, 2.24) is 4.31 Å². The van der Waals surface area contributed by atoms with E-state index in [0.717, 1.165) is 12.1 Å².